The molecule has 2 rings (SSSR count). The number of hydrogen-bond acceptors (Lipinski definition) is 2. The summed E-state index contributed by atoms with van der Waals surface area (Å²) in [5, 5.41) is 0.669. The number of nitrogens with two attached hydrogens (primary N) is 1. The van der Waals surface area contributed by atoms with Crippen molar-refractivity contribution in [3.05, 3.63) is 64.4 Å². The van der Waals surface area contributed by atoms with Crippen molar-refractivity contribution in [3.8, 4) is 5.75 Å². The number of ether oxygens (including phenoxy) is 1. The van der Waals surface area contributed by atoms with Gasteiger partial charge in [0.2, 0.25) is 0 Å². The molecule has 1 atom stereocenters. The standard InChI is InChI=1S/C17H19ClFNO/c1-2-16(20)10-13-9-14(18)5-8-17(13)21-11-12-3-6-15(19)7-4-12/h3-9,16H,2,10-11,20H2,1H3. The van der Waals surface area contributed by atoms with Crippen LogP contribution in [0.3, 0.4) is 0 Å². The van der Waals surface area contributed by atoms with Gasteiger partial charge in [-0.3, -0.25) is 0 Å². The number of benzene rings is 2. The van der Waals surface area contributed by atoms with Crippen molar-refractivity contribution in [2.24, 2.45) is 5.73 Å². The summed E-state index contributed by atoms with van der Waals surface area (Å²) in [4.78, 5) is 0. The molecule has 0 saturated carbocycles. The average Bonchev–Trinajstić information content (AvgIpc) is 2.48. The Bertz CT molecular complexity index is 586. The van der Waals surface area contributed by atoms with Gasteiger partial charge in [0, 0.05) is 11.1 Å². The monoisotopic (exact) mass is 307 g/mol. The Morgan fingerprint density at radius 1 is 1.19 bits per heavy atom. The van der Waals surface area contributed by atoms with Crippen molar-refractivity contribution in [1.29, 1.82) is 0 Å². The van der Waals surface area contributed by atoms with Gasteiger partial charge in [-0.1, -0.05) is 30.7 Å². The smallest absolute Gasteiger partial charge is 0.123 e. The zero-order valence-corrected chi connectivity index (χ0v) is 12.7. The molecule has 0 aliphatic carbocycles. The topological polar surface area (TPSA) is 35.2 Å². The van der Waals surface area contributed by atoms with Gasteiger partial charge in [-0.25, -0.2) is 4.39 Å². The summed E-state index contributed by atoms with van der Waals surface area (Å²) >= 11 is 6.04. The maximum Gasteiger partial charge on any atom is 0.123 e. The summed E-state index contributed by atoms with van der Waals surface area (Å²) in [6.45, 7) is 2.44. The summed E-state index contributed by atoms with van der Waals surface area (Å²) in [5.41, 5.74) is 7.92. The van der Waals surface area contributed by atoms with Gasteiger partial charge < -0.3 is 10.5 Å². The van der Waals surface area contributed by atoms with Crippen LogP contribution < -0.4 is 10.5 Å². The van der Waals surface area contributed by atoms with E-state index in [0.29, 0.717) is 11.6 Å². The summed E-state index contributed by atoms with van der Waals surface area (Å²) in [6.07, 6.45) is 1.61. The second kappa shape index (κ2) is 7.43. The fourth-order valence-electron chi connectivity index (χ4n) is 2.02. The number of rotatable bonds is 6. The van der Waals surface area contributed by atoms with Gasteiger partial charge in [-0.15, -0.1) is 0 Å². The van der Waals surface area contributed by atoms with E-state index in [-0.39, 0.29) is 11.9 Å². The van der Waals surface area contributed by atoms with E-state index in [1.165, 1.54) is 12.1 Å². The van der Waals surface area contributed by atoms with Crippen LogP contribution in [0.25, 0.3) is 0 Å². The van der Waals surface area contributed by atoms with E-state index in [2.05, 4.69) is 0 Å². The maximum absolute atomic E-state index is 12.9. The van der Waals surface area contributed by atoms with Gasteiger partial charge in [0.1, 0.15) is 18.2 Å². The quantitative estimate of drug-likeness (QED) is 0.861. The molecular formula is C17H19ClFNO. The number of halogens is 2. The largest absolute Gasteiger partial charge is 0.489 e. The molecule has 4 heteroatoms. The highest BCUT2D eigenvalue weighted by molar-refractivity contribution is 6.30. The van der Waals surface area contributed by atoms with Crippen LogP contribution in [0.15, 0.2) is 42.5 Å². The molecule has 0 saturated heterocycles. The summed E-state index contributed by atoms with van der Waals surface area (Å²) < 4.78 is 18.7. The van der Waals surface area contributed by atoms with Crippen LogP contribution in [-0.4, -0.2) is 6.04 Å². The van der Waals surface area contributed by atoms with E-state index in [1.807, 2.05) is 19.1 Å². The maximum atomic E-state index is 12.9. The zero-order chi connectivity index (χ0) is 15.2. The lowest BCUT2D eigenvalue weighted by atomic mass is 10.0. The van der Waals surface area contributed by atoms with Gasteiger partial charge in [0.05, 0.1) is 0 Å². The molecule has 0 spiro atoms. The zero-order valence-electron chi connectivity index (χ0n) is 12.0. The Morgan fingerprint density at radius 3 is 2.57 bits per heavy atom. The molecule has 0 aromatic heterocycles. The minimum atomic E-state index is -0.250. The lowest BCUT2D eigenvalue weighted by molar-refractivity contribution is 0.302. The van der Waals surface area contributed by atoms with Gasteiger partial charge in [-0.2, -0.15) is 0 Å². The molecule has 0 aliphatic rings. The minimum absolute atomic E-state index is 0.0802. The fourth-order valence-corrected chi connectivity index (χ4v) is 2.21. The lowest BCUT2D eigenvalue weighted by Crippen LogP contribution is -2.21. The van der Waals surface area contributed by atoms with Crippen LogP contribution >= 0.6 is 11.6 Å². The van der Waals surface area contributed by atoms with E-state index >= 15 is 0 Å². The SMILES string of the molecule is CCC(N)Cc1cc(Cl)ccc1OCc1ccc(F)cc1. The molecular weight excluding hydrogens is 289 g/mol. The van der Waals surface area contributed by atoms with E-state index in [4.69, 9.17) is 22.1 Å². The van der Waals surface area contributed by atoms with Gasteiger partial charge in [-0.05, 0) is 54.3 Å². The highest BCUT2D eigenvalue weighted by atomic mass is 35.5. The van der Waals surface area contributed by atoms with E-state index in [0.717, 1.165) is 29.7 Å². The molecule has 0 fully saturated rings. The Kier molecular flexibility index (Phi) is 5.59. The number of hydrogen-bond donors (Lipinski definition) is 1. The molecule has 2 aromatic carbocycles. The first-order valence-corrected chi connectivity index (χ1v) is 7.37. The Morgan fingerprint density at radius 2 is 1.90 bits per heavy atom. The van der Waals surface area contributed by atoms with Crippen molar-refractivity contribution in [1.82, 2.24) is 0 Å². The molecule has 1 unspecified atom stereocenters. The molecule has 0 bridgehead atoms. The minimum Gasteiger partial charge on any atom is -0.489 e. The third kappa shape index (κ3) is 4.73. The molecule has 2 aromatic rings. The van der Waals surface area contributed by atoms with E-state index in [9.17, 15) is 4.39 Å². The van der Waals surface area contributed by atoms with Crippen molar-refractivity contribution in [2.75, 3.05) is 0 Å². The highest BCUT2D eigenvalue weighted by Crippen LogP contribution is 2.25. The molecule has 0 amide bonds. The predicted octanol–water partition coefficient (Wildman–Crippen LogP) is 4.34. The second-order valence-electron chi connectivity index (χ2n) is 5.04. The van der Waals surface area contributed by atoms with Gasteiger partial charge in [0.25, 0.3) is 0 Å². The fraction of sp³-hybridized carbons (Fsp3) is 0.294. The molecule has 0 radical (unpaired) electrons. The van der Waals surface area contributed by atoms with Crippen molar-refractivity contribution < 1.29 is 9.13 Å². The molecule has 0 aliphatic heterocycles. The molecule has 2 N–H and O–H groups in total. The van der Waals surface area contributed by atoms with Crippen LogP contribution in [0.4, 0.5) is 4.39 Å². The first-order chi connectivity index (χ1) is 10.1. The summed E-state index contributed by atoms with van der Waals surface area (Å²) in [6, 6.07) is 11.9. The first-order valence-electron chi connectivity index (χ1n) is 6.99. The molecule has 0 heterocycles. The van der Waals surface area contributed by atoms with Crippen LogP contribution in [-0.2, 0) is 13.0 Å². The second-order valence-corrected chi connectivity index (χ2v) is 5.48. The van der Waals surface area contributed by atoms with Crippen molar-refractivity contribution in [2.45, 2.75) is 32.4 Å². The summed E-state index contributed by atoms with van der Waals surface area (Å²) in [7, 11) is 0. The van der Waals surface area contributed by atoms with Crippen LogP contribution in [0.1, 0.15) is 24.5 Å². The molecule has 112 valence electrons. The first kappa shape index (κ1) is 15.8. The van der Waals surface area contributed by atoms with Crippen molar-refractivity contribution >= 4 is 11.6 Å². The third-order valence-corrected chi connectivity index (χ3v) is 3.57. The third-order valence-electron chi connectivity index (χ3n) is 3.34. The Balaban J connectivity index is 2.09. The van der Waals surface area contributed by atoms with Crippen LogP contribution in [0.5, 0.6) is 5.75 Å². The van der Waals surface area contributed by atoms with Crippen molar-refractivity contribution in [3.63, 3.8) is 0 Å². The van der Waals surface area contributed by atoms with Crippen LogP contribution in [0, 0.1) is 5.82 Å². The van der Waals surface area contributed by atoms with E-state index in [1.54, 1.807) is 18.2 Å². The summed E-state index contributed by atoms with van der Waals surface area (Å²) in [5.74, 6) is 0.521. The van der Waals surface area contributed by atoms with Gasteiger partial charge in [0.15, 0.2) is 0 Å². The highest BCUT2D eigenvalue weighted by Gasteiger charge is 2.09. The molecule has 21 heavy (non-hydrogen) atoms. The molecule has 2 nitrogen and oxygen atoms in total. The van der Waals surface area contributed by atoms with Crippen LogP contribution in [0.2, 0.25) is 5.02 Å². The average molecular weight is 308 g/mol. The van der Waals surface area contributed by atoms with E-state index < -0.39 is 0 Å². The van der Waals surface area contributed by atoms with Gasteiger partial charge >= 0.3 is 0 Å². The normalized spacial score (nSPS) is 12.2. The predicted molar refractivity (Wildman–Crippen MR) is 84.2 cm³/mol. The Hall–Kier alpha value is -1.58. The lowest BCUT2D eigenvalue weighted by Gasteiger charge is -2.15. The Labute approximate surface area is 129 Å².